The van der Waals surface area contributed by atoms with E-state index in [0.29, 0.717) is 5.92 Å². The first-order valence-corrected chi connectivity index (χ1v) is 6.65. The number of nitrogens with one attached hydrogen (secondary N) is 1. The van der Waals surface area contributed by atoms with E-state index in [2.05, 4.69) is 47.8 Å². The van der Waals surface area contributed by atoms with E-state index in [-0.39, 0.29) is 0 Å². The predicted molar refractivity (Wildman–Crippen MR) is 73.1 cm³/mol. The number of benzene rings is 1. The lowest BCUT2D eigenvalue weighted by Crippen LogP contribution is -2.26. The first kappa shape index (κ1) is 11.5. The summed E-state index contributed by atoms with van der Waals surface area (Å²) in [5.41, 5.74) is 3.79. The highest BCUT2D eigenvalue weighted by molar-refractivity contribution is 5.34. The van der Waals surface area contributed by atoms with E-state index in [1.165, 1.54) is 24.0 Å². The molecule has 2 aromatic rings. The summed E-state index contributed by atoms with van der Waals surface area (Å²) >= 11 is 0. The average molecular weight is 241 g/mol. The zero-order valence-corrected chi connectivity index (χ0v) is 10.8. The van der Waals surface area contributed by atoms with Crippen molar-refractivity contribution < 1.29 is 0 Å². The van der Waals surface area contributed by atoms with Crippen molar-refractivity contribution in [3.8, 4) is 5.69 Å². The first-order valence-electron chi connectivity index (χ1n) is 6.65. The van der Waals surface area contributed by atoms with Gasteiger partial charge in [-0.1, -0.05) is 17.7 Å². The lowest BCUT2D eigenvalue weighted by molar-refractivity contribution is 0.460. The molecule has 1 aliphatic rings. The molecule has 3 rings (SSSR count). The smallest absolute Gasteiger partial charge is 0.0645 e. The van der Waals surface area contributed by atoms with Crippen LogP contribution in [-0.2, 0) is 0 Å². The van der Waals surface area contributed by atoms with Gasteiger partial charge in [0.25, 0.3) is 0 Å². The minimum Gasteiger partial charge on any atom is -0.317 e. The number of nitrogens with zero attached hydrogens (tertiary/aromatic N) is 2. The van der Waals surface area contributed by atoms with Crippen LogP contribution < -0.4 is 5.32 Å². The van der Waals surface area contributed by atoms with Crippen molar-refractivity contribution in [1.29, 1.82) is 0 Å². The summed E-state index contributed by atoms with van der Waals surface area (Å²) in [6.45, 7) is 4.36. The maximum Gasteiger partial charge on any atom is 0.0645 e. The Morgan fingerprint density at radius 3 is 2.61 bits per heavy atom. The fraction of sp³-hybridized carbons (Fsp3) is 0.400. The highest BCUT2D eigenvalue weighted by Crippen LogP contribution is 2.25. The largest absolute Gasteiger partial charge is 0.317 e. The van der Waals surface area contributed by atoms with Crippen LogP contribution in [0.1, 0.15) is 29.9 Å². The molecule has 18 heavy (non-hydrogen) atoms. The molecule has 3 nitrogen and oxygen atoms in total. The summed E-state index contributed by atoms with van der Waals surface area (Å²) < 4.78 is 1.98. The van der Waals surface area contributed by atoms with Crippen molar-refractivity contribution in [2.24, 2.45) is 0 Å². The van der Waals surface area contributed by atoms with E-state index >= 15 is 0 Å². The second kappa shape index (κ2) is 4.94. The molecule has 1 saturated heterocycles. The van der Waals surface area contributed by atoms with E-state index in [4.69, 9.17) is 0 Å². The van der Waals surface area contributed by atoms with Crippen LogP contribution in [0.3, 0.4) is 0 Å². The number of hydrogen-bond acceptors (Lipinski definition) is 2. The molecule has 0 radical (unpaired) electrons. The summed E-state index contributed by atoms with van der Waals surface area (Å²) in [7, 11) is 0. The van der Waals surface area contributed by atoms with Gasteiger partial charge in [-0.25, -0.2) is 4.68 Å². The summed E-state index contributed by atoms with van der Waals surface area (Å²) in [5.74, 6) is 0.672. The molecule has 3 heteroatoms. The molecule has 1 aromatic heterocycles. The van der Waals surface area contributed by atoms with Crippen molar-refractivity contribution in [1.82, 2.24) is 15.1 Å². The maximum atomic E-state index is 4.49. The fourth-order valence-electron chi connectivity index (χ4n) is 2.54. The summed E-state index contributed by atoms with van der Waals surface area (Å²) in [4.78, 5) is 0. The van der Waals surface area contributed by atoms with Crippen molar-refractivity contribution >= 4 is 0 Å². The van der Waals surface area contributed by atoms with Crippen molar-refractivity contribution in [2.75, 3.05) is 13.1 Å². The number of hydrogen-bond donors (Lipinski definition) is 1. The molecule has 1 aliphatic heterocycles. The summed E-state index contributed by atoms with van der Waals surface area (Å²) in [6, 6.07) is 8.49. The number of aromatic nitrogens is 2. The van der Waals surface area contributed by atoms with Gasteiger partial charge in [0.15, 0.2) is 0 Å². The molecule has 0 aliphatic carbocycles. The van der Waals surface area contributed by atoms with Crippen LogP contribution in [0.15, 0.2) is 36.7 Å². The van der Waals surface area contributed by atoms with E-state index in [9.17, 15) is 0 Å². The van der Waals surface area contributed by atoms with E-state index in [1.54, 1.807) is 0 Å². The third-order valence-corrected chi connectivity index (χ3v) is 3.71. The Labute approximate surface area is 108 Å². The van der Waals surface area contributed by atoms with Gasteiger partial charge in [-0.05, 0) is 56.5 Å². The van der Waals surface area contributed by atoms with Gasteiger partial charge in [0.1, 0.15) is 0 Å². The van der Waals surface area contributed by atoms with Gasteiger partial charge in [-0.3, -0.25) is 0 Å². The molecule has 2 heterocycles. The molecular weight excluding hydrogens is 222 g/mol. The molecule has 94 valence electrons. The lowest BCUT2D eigenvalue weighted by atomic mass is 9.93. The van der Waals surface area contributed by atoms with Crippen LogP contribution in [-0.4, -0.2) is 22.9 Å². The van der Waals surface area contributed by atoms with Crippen molar-refractivity contribution in [3.05, 3.63) is 47.8 Å². The minimum absolute atomic E-state index is 0.672. The lowest BCUT2D eigenvalue weighted by Gasteiger charge is -2.21. The Balaban J connectivity index is 1.82. The maximum absolute atomic E-state index is 4.49. The van der Waals surface area contributed by atoms with Crippen LogP contribution in [0.5, 0.6) is 0 Å². The van der Waals surface area contributed by atoms with Crippen LogP contribution in [0.25, 0.3) is 5.69 Å². The van der Waals surface area contributed by atoms with Gasteiger partial charge >= 0.3 is 0 Å². The van der Waals surface area contributed by atoms with Gasteiger partial charge in [-0.15, -0.1) is 0 Å². The molecule has 0 saturated carbocycles. The third-order valence-electron chi connectivity index (χ3n) is 3.71. The molecular formula is C15H19N3. The normalized spacial score (nSPS) is 16.9. The molecule has 0 spiro atoms. The Morgan fingerprint density at radius 1 is 1.17 bits per heavy atom. The second-order valence-corrected chi connectivity index (χ2v) is 5.08. The van der Waals surface area contributed by atoms with E-state index in [0.717, 1.165) is 18.8 Å². The monoisotopic (exact) mass is 241 g/mol. The molecule has 1 aromatic carbocycles. The molecule has 1 fully saturated rings. The van der Waals surface area contributed by atoms with Crippen molar-refractivity contribution in [2.45, 2.75) is 25.7 Å². The molecule has 0 amide bonds. The highest BCUT2D eigenvalue weighted by Gasteiger charge is 2.16. The number of piperidine rings is 1. The van der Waals surface area contributed by atoms with Gasteiger partial charge in [0, 0.05) is 6.20 Å². The molecule has 0 bridgehead atoms. The second-order valence-electron chi connectivity index (χ2n) is 5.08. The van der Waals surface area contributed by atoms with E-state index in [1.807, 2.05) is 10.9 Å². The first-order chi connectivity index (χ1) is 8.83. The molecule has 1 N–H and O–H groups in total. The van der Waals surface area contributed by atoms with Gasteiger partial charge in [0.2, 0.25) is 0 Å². The third kappa shape index (κ3) is 2.31. The Bertz CT molecular complexity index is 507. The van der Waals surface area contributed by atoms with Gasteiger partial charge < -0.3 is 5.32 Å². The topological polar surface area (TPSA) is 29.9 Å². The molecule has 0 unspecified atom stereocenters. The highest BCUT2D eigenvalue weighted by atomic mass is 15.3. The van der Waals surface area contributed by atoms with Crippen LogP contribution in [0, 0.1) is 6.92 Å². The minimum atomic E-state index is 0.672. The number of aryl methyl sites for hydroxylation is 1. The zero-order chi connectivity index (χ0) is 12.4. The zero-order valence-electron chi connectivity index (χ0n) is 10.8. The predicted octanol–water partition coefficient (Wildman–Crippen LogP) is 2.65. The van der Waals surface area contributed by atoms with Crippen LogP contribution in [0.2, 0.25) is 0 Å². The Morgan fingerprint density at radius 2 is 1.89 bits per heavy atom. The SMILES string of the molecule is Cc1ccc(-n2cc(C3CCNCC3)cn2)cc1. The van der Waals surface area contributed by atoms with Gasteiger partial charge in [0.05, 0.1) is 11.9 Å². The van der Waals surface area contributed by atoms with Crippen molar-refractivity contribution in [3.63, 3.8) is 0 Å². The fourth-order valence-corrected chi connectivity index (χ4v) is 2.54. The van der Waals surface area contributed by atoms with Crippen LogP contribution >= 0.6 is 0 Å². The summed E-state index contributed by atoms with van der Waals surface area (Å²) in [6.07, 6.45) is 6.65. The Kier molecular flexibility index (Phi) is 3.15. The summed E-state index contributed by atoms with van der Waals surface area (Å²) in [5, 5.41) is 7.89. The quantitative estimate of drug-likeness (QED) is 0.876. The average Bonchev–Trinajstić information content (AvgIpc) is 2.90. The standard InChI is InChI=1S/C15H19N3/c1-12-2-4-15(5-3-12)18-11-14(10-17-18)13-6-8-16-9-7-13/h2-5,10-11,13,16H,6-9H2,1H3. The molecule has 0 atom stereocenters. The Hall–Kier alpha value is -1.61. The van der Waals surface area contributed by atoms with E-state index < -0.39 is 0 Å². The van der Waals surface area contributed by atoms with Gasteiger partial charge in [-0.2, -0.15) is 5.10 Å². The number of rotatable bonds is 2. The van der Waals surface area contributed by atoms with Crippen LogP contribution in [0.4, 0.5) is 0 Å².